The maximum atomic E-state index is 13.0. The van der Waals surface area contributed by atoms with E-state index in [4.69, 9.17) is 4.74 Å². The summed E-state index contributed by atoms with van der Waals surface area (Å²) in [6.07, 6.45) is 1.85. The van der Waals surface area contributed by atoms with Gasteiger partial charge in [-0.3, -0.25) is 9.78 Å². The molecule has 1 saturated heterocycles. The average molecular weight is 426 g/mol. The van der Waals surface area contributed by atoms with Crippen molar-refractivity contribution in [2.24, 2.45) is 0 Å². The van der Waals surface area contributed by atoms with E-state index in [0.29, 0.717) is 37.6 Å². The van der Waals surface area contributed by atoms with Gasteiger partial charge in [0.2, 0.25) is 15.9 Å². The zero-order valence-corrected chi connectivity index (χ0v) is 17.5. The highest BCUT2D eigenvalue weighted by molar-refractivity contribution is 7.89. The lowest BCUT2D eigenvalue weighted by Gasteiger charge is -2.26. The van der Waals surface area contributed by atoms with Crippen LogP contribution in [0.3, 0.4) is 0 Å². The normalized spacial score (nSPS) is 15.2. The van der Waals surface area contributed by atoms with Gasteiger partial charge in [-0.2, -0.15) is 4.31 Å². The van der Waals surface area contributed by atoms with E-state index >= 15 is 0 Å². The van der Waals surface area contributed by atoms with Gasteiger partial charge in [-0.05, 0) is 36.2 Å². The number of morpholine rings is 1. The van der Waals surface area contributed by atoms with E-state index in [-0.39, 0.29) is 17.2 Å². The SMILES string of the molecule is Cc1ccc(NC(=O)Cc2cccc3cccnc23)cc1S(=O)(=O)N1CCOCC1. The molecule has 1 fully saturated rings. The van der Waals surface area contributed by atoms with Gasteiger partial charge in [0.25, 0.3) is 0 Å². The lowest BCUT2D eigenvalue weighted by Crippen LogP contribution is -2.40. The standard InChI is InChI=1S/C22H23N3O4S/c1-16-7-8-19(15-20(16)30(27,28)25-10-12-29-13-11-25)24-21(26)14-18-5-2-4-17-6-3-9-23-22(17)18/h2-9,15H,10-14H2,1H3,(H,24,26). The lowest BCUT2D eigenvalue weighted by molar-refractivity contribution is -0.115. The number of nitrogens with one attached hydrogen (secondary N) is 1. The number of ether oxygens (including phenoxy) is 1. The number of sulfonamides is 1. The molecule has 30 heavy (non-hydrogen) atoms. The number of aryl methyl sites for hydroxylation is 1. The Morgan fingerprint density at radius 3 is 2.70 bits per heavy atom. The van der Waals surface area contributed by atoms with Crippen molar-refractivity contribution in [3.05, 3.63) is 65.9 Å². The number of pyridine rings is 1. The third-order valence-electron chi connectivity index (χ3n) is 5.13. The van der Waals surface area contributed by atoms with Crippen LogP contribution in [0.15, 0.2) is 59.6 Å². The molecule has 0 saturated carbocycles. The van der Waals surface area contributed by atoms with Gasteiger partial charge in [0.1, 0.15) is 0 Å². The van der Waals surface area contributed by atoms with Crippen LogP contribution in [0.4, 0.5) is 5.69 Å². The van der Waals surface area contributed by atoms with Crippen molar-refractivity contribution in [1.82, 2.24) is 9.29 Å². The van der Waals surface area contributed by atoms with Crippen LogP contribution < -0.4 is 5.32 Å². The van der Waals surface area contributed by atoms with Crippen LogP contribution in [0.1, 0.15) is 11.1 Å². The first-order chi connectivity index (χ1) is 14.4. The number of rotatable bonds is 5. The van der Waals surface area contributed by atoms with E-state index in [1.54, 1.807) is 25.3 Å². The first-order valence-electron chi connectivity index (χ1n) is 9.76. The summed E-state index contributed by atoms with van der Waals surface area (Å²) >= 11 is 0. The Bertz CT molecular complexity index is 1180. The highest BCUT2D eigenvalue weighted by Gasteiger charge is 2.28. The monoisotopic (exact) mass is 425 g/mol. The molecule has 0 spiro atoms. The molecule has 2 aromatic carbocycles. The molecule has 0 unspecified atom stereocenters. The highest BCUT2D eigenvalue weighted by atomic mass is 32.2. The summed E-state index contributed by atoms with van der Waals surface area (Å²) in [6.45, 7) is 3.17. The van der Waals surface area contributed by atoms with Crippen molar-refractivity contribution >= 4 is 32.5 Å². The predicted molar refractivity (Wildman–Crippen MR) is 115 cm³/mol. The fraction of sp³-hybridized carbons (Fsp3) is 0.273. The fourth-order valence-corrected chi connectivity index (χ4v) is 5.23. The van der Waals surface area contributed by atoms with Crippen LogP contribution in [0.2, 0.25) is 0 Å². The molecule has 0 radical (unpaired) electrons. The number of para-hydroxylation sites is 1. The summed E-state index contributed by atoms with van der Waals surface area (Å²) in [7, 11) is -3.65. The second-order valence-corrected chi connectivity index (χ2v) is 9.12. The van der Waals surface area contributed by atoms with Crippen molar-refractivity contribution in [2.75, 3.05) is 31.6 Å². The predicted octanol–water partition coefficient (Wildman–Crippen LogP) is 2.75. The molecule has 1 aliphatic heterocycles. The summed E-state index contributed by atoms with van der Waals surface area (Å²) in [4.78, 5) is 17.2. The molecule has 0 bridgehead atoms. The summed E-state index contributed by atoms with van der Waals surface area (Å²) in [5.74, 6) is -0.230. The molecule has 4 rings (SSSR count). The second kappa shape index (κ2) is 8.51. The maximum Gasteiger partial charge on any atom is 0.243 e. The van der Waals surface area contributed by atoms with E-state index in [9.17, 15) is 13.2 Å². The van der Waals surface area contributed by atoms with Gasteiger partial charge in [-0.25, -0.2) is 8.42 Å². The molecule has 1 amide bonds. The van der Waals surface area contributed by atoms with Crippen LogP contribution in [-0.4, -0.2) is 49.9 Å². The zero-order valence-electron chi connectivity index (χ0n) is 16.7. The number of carbonyl (C=O) groups is 1. The summed E-state index contributed by atoms with van der Waals surface area (Å²) < 4.78 is 32.7. The Labute approximate surface area is 175 Å². The van der Waals surface area contributed by atoms with Crippen LogP contribution in [-0.2, 0) is 26.0 Å². The summed E-state index contributed by atoms with van der Waals surface area (Å²) in [5.41, 5.74) is 2.69. The van der Waals surface area contributed by atoms with E-state index in [1.807, 2.05) is 30.3 Å². The number of hydrogen-bond donors (Lipinski definition) is 1. The zero-order chi connectivity index (χ0) is 21.1. The van der Waals surface area contributed by atoms with Gasteiger partial charge in [0.15, 0.2) is 0 Å². The molecule has 3 aromatic rings. The van der Waals surface area contributed by atoms with Crippen LogP contribution in [0.25, 0.3) is 10.9 Å². The second-order valence-electron chi connectivity index (χ2n) is 7.21. The van der Waals surface area contributed by atoms with E-state index in [0.717, 1.165) is 16.5 Å². The Balaban J connectivity index is 1.55. The first kappa shape index (κ1) is 20.5. The minimum atomic E-state index is -3.65. The molecule has 156 valence electrons. The molecular weight excluding hydrogens is 402 g/mol. The minimum absolute atomic E-state index is 0.147. The number of fused-ring (bicyclic) bond motifs is 1. The lowest BCUT2D eigenvalue weighted by atomic mass is 10.1. The van der Waals surface area contributed by atoms with Crippen LogP contribution >= 0.6 is 0 Å². The van der Waals surface area contributed by atoms with Gasteiger partial charge < -0.3 is 10.1 Å². The quantitative estimate of drug-likeness (QED) is 0.679. The van der Waals surface area contributed by atoms with Gasteiger partial charge >= 0.3 is 0 Å². The molecule has 1 aromatic heterocycles. The number of benzene rings is 2. The molecule has 7 nitrogen and oxygen atoms in total. The fourth-order valence-electron chi connectivity index (χ4n) is 3.57. The van der Waals surface area contributed by atoms with Gasteiger partial charge in [-0.1, -0.05) is 30.3 Å². The van der Waals surface area contributed by atoms with Crippen molar-refractivity contribution in [3.63, 3.8) is 0 Å². The largest absolute Gasteiger partial charge is 0.379 e. The first-order valence-corrected chi connectivity index (χ1v) is 11.2. The van der Waals surface area contributed by atoms with Gasteiger partial charge in [-0.15, -0.1) is 0 Å². The third-order valence-corrected chi connectivity index (χ3v) is 7.17. The van der Waals surface area contributed by atoms with Crippen molar-refractivity contribution in [1.29, 1.82) is 0 Å². The van der Waals surface area contributed by atoms with Crippen molar-refractivity contribution in [2.45, 2.75) is 18.2 Å². The summed E-state index contributed by atoms with van der Waals surface area (Å²) in [6, 6.07) is 14.5. The third kappa shape index (κ3) is 4.21. The van der Waals surface area contributed by atoms with E-state index < -0.39 is 10.0 Å². The molecule has 1 N–H and O–H groups in total. The topological polar surface area (TPSA) is 88.6 Å². The number of amides is 1. The molecule has 8 heteroatoms. The smallest absolute Gasteiger partial charge is 0.243 e. The number of hydrogen-bond acceptors (Lipinski definition) is 5. The van der Waals surface area contributed by atoms with E-state index in [2.05, 4.69) is 10.3 Å². The van der Waals surface area contributed by atoms with Crippen LogP contribution in [0.5, 0.6) is 0 Å². The average Bonchev–Trinajstić information content (AvgIpc) is 2.76. The molecular formula is C22H23N3O4S. The number of anilines is 1. The number of carbonyl (C=O) groups excluding carboxylic acids is 1. The van der Waals surface area contributed by atoms with E-state index in [1.165, 1.54) is 10.4 Å². The Morgan fingerprint density at radius 1 is 1.13 bits per heavy atom. The molecule has 0 atom stereocenters. The molecule has 0 aliphatic carbocycles. The Hall–Kier alpha value is -2.81. The molecule has 1 aliphatic rings. The maximum absolute atomic E-state index is 13.0. The Morgan fingerprint density at radius 2 is 1.90 bits per heavy atom. The van der Waals surface area contributed by atoms with Crippen molar-refractivity contribution in [3.8, 4) is 0 Å². The molecule has 2 heterocycles. The number of aromatic nitrogens is 1. The van der Waals surface area contributed by atoms with Crippen LogP contribution in [0, 0.1) is 6.92 Å². The minimum Gasteiger partial charge on any atom is -0.379 e. The highest BCUT2D eigenvalue weighted by Crippen LogP contribution is 2.25. The van der Waals surface area contributed by atoms with Gasteiger partial charge in [0, 0.05) is 30.4 Å². The Kier molecular flexibility index (Phi) is 5.80. The number of nitrogens with zero attached hydrogens (tertiary/aromatic N) is 2. The van der Waals surface area contributed by atoms with Crippen molar-refractivity contribution < 1.29 is 17.9 Å². The summed E-state index contributed by atoms with van der Waals surface area (Å²) in [5, 5.41) is 3.79. The van der Waals surface area contributed by atoms with Gasteiger partial charge in [0.05, 0.1) is 30.0 Å².